The molecule has 2 atom stereocenters. The summed E-state index contributed by atoms with van der Waals surface area (Å²) in [5, 5.41) is 0. The van der Waals surface area contributed by atoms with Crippen molar-refractivity contribution in [2.24, 2.45) is 23.5 Å². The van der Waals surface area contributed by atoms with Crippen LogP contribution in [-0.4, -0.2) is 29.9 Å². The van der Waals surface area contributed by atoms with E-state index in [0.717, 1.165) is 44.2 Å². The van der Waals surface area contributed by atoms with E-state index in [4.69, 9.17) is 5.73 Å². The molecule has 0 aromatic carbocycles. The number of nitrogens with zero attached hydrogens (tertiary/aromatic N) is 1. The van der Waals surface area contributed by atoms with Gasteiger partial charge in [-0.15, -0.1) is 0 Å². The Hall–Kier alpha value is -0.570. The molecular formula is C15H30N2O. The number of likely N-dealkylation sites (tertiary alicyclic amines) is 1. The van der Waals surface area contributed by atoms with Crippen LogP contribution in [-0.2, 0) is 4.79 Å². The highest BCUT2D eigenvalue weighted by Crippen LogP contribution is 2.24. The number of hydrogen-bond acceptors (Lipinski definition) is 2. The molecule has 3 nitrogen and oxygen atoms in total. The Bertz CT molecular complexity index is 263. The minimum atomic E-state index is -0.305. The smallest absolute Gasteiger partial charge is 0.239 e. The van der Waals surface area contributed by atoms with Crippen molar-refractivity contribution in [2.45, 2.75) is 59.4 Å². The van der Waals surface area contributed by atoms with Gasteiger partial charge in [-0.25, -0.2) is 0 Å². The van der Waals surface area contributed by atoms with Crippen LogP contribution in [0.2, 0.25) is 0 Å². The van der Waals surface area contributed by atoms with Gasteiger partial charge in [0.05, 0.1) is 6.04 Å². The summed E-state index contributed by atoms with van der Waals surface area (Å²) in [5.74, 6) is 2.14. The third-order valence-electron chi connectivity index (χ3n) is 4.07. The second-order valence-electron chi connectivity index (χ2n) is 6.50. The molecule has 3 heteroatoms. The molecule has 1 amide bonds. The Morgan fingerprint density at radius 3 is 2.44 bits per heavy atom. The van der Waals surface area contributed by atoms with E-state index in [-0.39, 0.29) is 11.9 Å². The van der Waals surface area contributed by atoms with Crippen LogP contribution >= 0.6 is 0 Å². The van der Waals surface area contributed by atoms with E-state index in [1.807, 2.05) is 4.90 Å². The van der Waals surface area contributed by atoms with Crippen LogP contribution in [0.25, 0.3) is 0 Å². The van der Waals surface area contributed by atoms with Gasteiger partial charge in [-0.1, -0.05) is 27.7 Å². The van der Waals surface area contributed by atoms with Crippen LogP contribution in [0.5, 0.6) is 0 Å². The summed E-state index contributed by atoms with van der Waals surface area (Å²) in [6, 6.07) is -0.305. The summed E-state index contributed by atoms with van der Waals surface area (Å²) in [5.41, 5.74) is 6.00. The summed E-state index contributed by atoms with van der Waals surface area (Å²) in [6.45, 7) is 10.6. The Morgan fingerprint density at radius 1 is 1.22 bits per heavy atom. The quantitative estimate of drug-likeness (QED) is 0.838. The van der Waals surface area contributed by atoms with Crippen LogP contribution in [0.1, 0.15) is 53.4 Å². The summed E-state index contributed by atoms with van der Waals surface area (Å²) in [4.78, 5) is 14.3. The zero-order valence-corrected chi connectivity index (χ0v) is 12.5. The van der Waals surface area contributed by atoms with E-state index >= 15 is 0 Å². The van der Waals surface area contributed by atoms with Gasteiger partial charge in [0.2, 0.25) is 5.91 Å². The van der Waals surface area contributed by atoms with Gasteiger partial charge in [0.25, 0.3) is 0 Å². The van der Waals surface area contributed by atoms with Gasteiger partial charge in [-0.3, -0.25) is 4.79 Å². The first kappa shape index (κ1) is 15.5. The number of carbonyl (C=O) groups is 1. The second kappa shape index (κ2) is 7.13. The molecule has 1 rings (SSSR count). The fraction of sp³-hybridized carbons (Fsp3) is 0.933. The molecule has 1 heterocycles. The molecule has 1 unspecified atom stereocenters. The standard InChI is InChI=1S/C15H30N2O/c1-11(2)10-14(16)15(18)17-8-5-6-13(7-9-17)12(3)4/h11-14H,5-10,16H2,1-4H3/t13?,14-/m1/s1. The minimum absolute atomic E-state index is 0.160. The van der Waals surface area contributed by atoms with Crippen molar-refractivity contribution < 1.29 is 4.79 Å². The number of carbonyl (C=O) groups excluding carboxylic acids is 1. The third-order valence-corrected chi connectivity index (χ3v) is 4.07. The van der Waals surface area contributed by atoms with Crippen molar-refractivity contribution in [3.8, 4) is 0 Å². The largest absolute Gasteiger partial charge is 0.341 e. The monoisotopic (exact) mass is 254 g/mol. The van der Waals surface area contributed by atoms with Crippen LogP contribution in [0.3, 0.4) is 0 Å². The molecule has 106 valence electrons. The maximum Gasteiger partial charge on any atom is 0.239 e. The number of amides is 1. The van der Waals surface area contributed by atoms with E-state index in [0.29, 0.717) is 5.92 Å². The molecule has 1 aliphatic heterocycles. The van der Waals surface area contributed by atoms with E-state index in [1.165, 1.54) is 6.42 Å². The topological polar surface area (TPSA) is 46.3 Å². The normalized spacial score (nSPS) is 23.3. The first-order valence-corrected chi connectivity index (χ1v) is 7.46. The van der Waals surface area contributed by atoms with Gasteiger partial charge in [0, 0.05) is 13.1 Å². The zero-order chi connectivity index (χ0) is 13.7. The van der Waals surface area contributed by atoms with Crippen LogP contribution < -0.4 is 5.73 Å². The average Bonchev–Trinajstić information content (AvgIpc) is 2.52. The molecule has 1 fully saturated rings. The fourth-order valence-electron chi connectivity index (χ4n) is 2.85. The van der Waals surface area contributed by atoms with Crippen molar-refractivity contribution in [1.29, 1.82) is 0 Å². The fourth-order valence-corrected chi connectivity index (χ4v) is 2.85. The molecular weight excluding hydrogens is 224 g/mol. The predicted molar refractivity (Wildman–Crippen MR) is 76.2 cm³/mol. The summed E-state index contributed by atoms with van der Waals surface area (Å²) < 4.78 is 0. The first-order chi connectivity index (χ1) is 8.41. The lowest BCUT2D eigenvalue weighted by molar-refractivity contribution is -0.132. The van der Waals surface area contributed by atoms with Gasteiger partial charge < -0.3 is 10.6 Å². The Kier molecular flexibility index (Phi) is 6.13. The first-order valence-electron chi connectivity index (χ1n) is 7.46. The van der Waals surface area contributed by atoms with Crippen LogP contribution in [0, 0.1) is 17.8 Å². The molecule has 1 saturated heterocycles. The summed E-state index contributed by atoms with van der Waals surface area (Å²) >= 11 is 0. The Balaban J connectivity index is 2.49. The zero-order valence-electron chi connectivity index (χ0n) is 12.5. The second-order valence-corrected chi connectivity index (χ2v) is 6.50. The number of hydrogen-bond donors (Lipinski definition) is 1. The van der Waals surface area contributed by atoms with E-state index < -0.39 is 0 Å². The molecule has 0 aromatic rings. The van der Waals surface area contributed by atoms with Crippen molar-refractivity contribution in [2.75, 3.05) is 13.1 Å². The Morgan fingerprint density at radius 2 is 1.89 bits per heavy atom. The highest BCUT2D eigenvalue weighted by atomic mass is 16.2. The van der Waals surface area contributed by atoms with E-state index in [9.17, 15) is 4.79 Å². The summed E-state index contributed by atoms with van der Waals surface area (Å²) in [7, 11) is 0. The molecule has 0 radical (unpaired) electrons. The maximum absolute atomic E-state index is 12.3. The molecule has 0 saturated carbocycles. The van der Waals surface area contributed by atoms with Crippen molar-refractivity contribution in [3.05, 3.63) is 0 Å². The van der Waals surface area contributed by atoms with E-state index in [1.54, 1.807) is 0 Å². The number of nitrogens with two attached hydrogens (primary N) is 1. The molecule has 0 aromatic heterocycles. The lowest BCUT2D eigenvalue weighted by atomic mass is 9.89. The maximum atomic E-state index is 12.3. The molecule has 18 heavy (non-hydrogen) atoms. The van der Waals surface area contributed by atoms with Crippen molar-refractivity contribution in [1.82, 2.24) is 4.90 Å². The lowest BCUT2D eigenvalue weighted by Crippen LogP contribution is -2.44. The highest BCUT2D eigenvalue weighted by Gasteiger charge is 2.25. The molecule has 0 spiro atoms. The van der Waals surface area contributed by atoms with Crippen LogP contribution in [0.15, 0.2) is 0 Å². The molecule has 1 aliphatic rings. The van der Waals surface area contributed by atoms with Gasteiger partial charge in [0.15, 0.2) is 0 Å². The average molecular weight is 254 g/mol. The molecule has 0 bridgehead atoms. The van der Waals surface area contributed by atoms with Gasteiger partial charge >= 0.3 is 0 Å². The number of rotatable bonds is 4. The Labute approximate surface area is 112 Å². The van der Waals surface area contributed by atoms with Gasteiger partial charge in [-0.2, -0.15) is 0 Å². The lowest BCUT2D eigenvalue weighted by Gasteiger charge is -2.25. The van der Waals surface area contributed by atoms with Gasteiger partial charge in [-0.05, 0) is 43.4 Å². The van der Waals surface area contributed by atoms with Crippen molar-refractivity contribution in [3.63, 3.8) is 0 Å². The van der Waals surface area contributed by atoms with Crippen LogP contribution in [0.4, 0.5) is 0 Å². The SMILES string of the molecule is CC(C)C[C@@H](N)C(=O)N1CCCC(C(C)C)CC1. The molecule has 2 N–H and O–H groups in total. The van der Waals surface area contributed by atoms with Gasteiger partial charge in [0.1, 0.15) is 0 Å². The third kappa shape index (κ3) is 4.60. The highest BCUT2D eigenvalue weighted by molar-refractivity contribution is 5.81. The van der Waals surface area contributed by atoms with Crippen molar-refractivity contribution >= 4 is 5.91 Å². The minimum Gasteiger partial charge on any atom is -0.341 e. The molecule has 0 aliphatic carbocycles. The summed E-state index contributed by atoms with van der Waals surface area (Å²) in [6.07, 6.45) is 4.31. The predicted octanol–water partition coefficient (Wildman–Crippen LogP) is 2.64. The van der Waals surface area contributed by atoms with E-state index in [2.05, 4.69) is 27.7 Å².